The molecule has 1 heterocycles. The van der Waals surface area contributed by atoms with Crippen LogP contribution < -0.4 is 0 Å². The van der Waals surface area contributed by atoms with Gasteiger partial charge in [-0.25, -0.2) is 0 Å². The zero-order valence-electron chi connectivity index (χ0n) is 22.9. The van der Waals surface area contributed by atoms with Crippen molar-refractivity contribution < 1.29 is 24.3 Å². The highest BCUT2D eigenvalue weighted by molar-refractivity contribution is 6.32. The van der Waals surface area contributed by atoms with Crippen molar-refractivity contribution in [1.82, 2.24) is 4.90 Å². The molecule has 0 spiro atoms. The molecule has 6 atom stereocenters. The van der Waals surface area contributed by atoms with Crippen molar-refractivity contribution >= 4 is 40.6 Å². The third kappa shape index (κ3) is 3.57. The minimum absolute atomic E-state index is 0.0499. The number of rotatable bonds is 3. The maximum Gasteiger partial charge on any atom is 0.233 e. The maximum atomic E-state index is 14.8. The summed E-state index contributed by atoms with van der Waals surface area (Å²) in [4.78, 5) is 57.4. The number of phenolic OH excluding ortho intramolecular Hbond substituents is 1. The van der Waals surface area contributed by atoms with Crippen molar-refractivity contribution in [2.24, 2.45) is 23.7 Å². The number of carbonyl (C=O) groups excluding carboxylic acids is 4. The van der Waals surface area contributed by atoms with Gasteiger partial charge in [-0.2, -0.15) is 0 Å². The molecule has 210 valence electrons. The molecular formula is C35H28ClNO5. The Morgan fingerprint density at radius 1 is 0.881 bits per heavy atom. The van der Waals surface area contributed by atoms with Crippen LogP contribution >= 0.6 is 11.6 Å². The zero-order valence-corrected chi connectivity index (χ0v) is 23.6. The van der Waals surface area contributed by atoms with E-state index >= 15 is 0 Å². The number of allylic oxidation sites excluding steroid dienone is 4. The van der Waals surface area contributed by atoms with Gasteiger partial charge in [-0.3, -0.25) is 24.1 Å². The number of carbonyl (C=O) groups is 4. The Bertz CT molecular complexity index is 1730. The molecule has 0 aromatic heterocycles. The molecule has 1 saturated heterocycles. The standard InChI is InChI=1S/C35H28ClNO5/c1-37-33(41)23-14-13-22-25(30(23)34(37)42)17-27-32(40)24(19-8-4-2-5-9-19)18-29(39)35(27,20-10-6-3-7-11-20)31(22)26-16-21(36)12-15-28(26)38/h2-13,15-16,18,23,25,27,30-31,38H,14,17H2,1H3. The Labute approximate surface area is 248 Å². The second-order valence-corrected chi connectivity index (χ2v) is 12.2. The molecule has 3 aromatic carbocycles. The molecule has 7 heteroatoms. The van der Waals surface area contributed by atoms with Gasteiger partial charge in [0.15, 0.2) is 11.6 Å². The Balaban J connectivity index is 1.54. The summed E-state index contributed by atoms with van der Waals surface area (Å²) in [7, 11) is 1.51. The van der Waals surface area contributed by atoms with E-state index in [4.69, 9.17) is 11.6 Å². The number of Topliss-reactive ketones (excluding diaryl/α,β-unsaturated/α-hetero) is 1. The average Bonchev–Trinajstić information content (AvgIpc) is 3.23. The molecule has 6 unspecified atom stereocenters. The Morgan fingerprint density at radius 3 is 2.29 bits per heavy atom. The molecule has 6 nitrogen and oxygen atoms in total. The number of benzene rings is 3. The molecule has 7 rings (SSSR count). The topological polar surface area (TPSA) is 91.8 Å². The predicted molar refractivity (Wildman–Crippen MR) is 157 cm³/mol. The van der Waals surface area contributed by atoms with E-state index in [1.165, 1.54) is 24.1 Å². The number of hydrogen-bond acceptors (Lipinski definition) is 5. The number of aromatic hydroxyl groups is 1. The SMILES string of the molecule is CN1C(=O)C2CC=C3C(CC4C(=O)C(c5ccccc5)=CC(=O)C4(c4ccccc4)C3c3cc(Cl)ccc3O)C2C1=O. The van der Waals surface area contributed by atoms with Gasteiger partial charge in [0.1, 0.15) is 5.75 Å². The van der Waals surface area contributed by atoms with Gasteiger partial charge < -0.3 is 5.11 Å². The van der Waals surface area contributed by atoms with Crippen molar-refractivity contribution in [2.75, 3.05) is 7.05 Å². The van der Waals surface area contributed by atoms with Crippen LogP contribution in [0.3, 0.4) is 0 Å². The summed E-state index contributed by atoms with van der Waals surface area (Å²) >= 11 is 6.50. The lowest BCUT2D eigenvalue weighted by atomic mass is 9.44. The average molecular weight is 578 g/mol. The smallest absolute Gasteiger partial charge is 0.233 e. The fourth-order valence-electron chi connectivity index (χ4n) is 8.13. The Hall–Kier alpha value is -4.29. The number of likely N-dealkylation sites (tertiary alicyclic amines) is 1. The van der Waals surface area contributed by atoms with Gasteiger partial charge in [0.25, 0.3) is 0 Å². The summed E-state index contributed by atoms with van der Waals surface area (Å²) < 4.78 is 0. The number of hydrogen-bond donors (Lipinski definition) is 1. The minimum atomic E-state index is -1.40. The molecule has 1 aliphatic heterocycles. The van der Waals surface area contributed by atoms with Crippen molar-refractivity contribution in [3.8, 4) is 5.75 Å². The van der Waals surface area contributed by atoms with E-state index in [0.717, 1.165) is 5.57 Å². The van der Waals surface area contributed by atoms with Crippen LogP contribution in [0.1, 0.15) is 35.4 Å². The number of imide groups is 1. The summed E-state index contributed by atoms with van der Waals surface area (Å²) in [6.45, 7) is 0. The number of ketones is 2. The molecular weight excluding hydrogens is 550 g/mol. The van der Waals surface area contributed by atoms with Gasteiger partial charge in [0, 0.05) is 35.0 Å². The lowest BCUT2D eigenvalue weighted by molar-refractivity contribution is -0.139. The molecule has 1 saturated carbocycles. The van der Waals surface area contributed by atoms with Crippen LogP contribution in [-0.4, -0.2) is 40.4 Å². The largest absolute Gasteiger partial charge is 0.508 e. The van der Waals surface area contributed by atoms with E-state index in [0.29, 0.717) is 33.7 Å². The highest BCUT2D eigenvalue weighted by atomic mass is 35.5. The summed E-state index contributed by atoms with van der Waals surface area (Å²) in [5.41, 5.74) is 1.46. The number of halogens is 1. The summed E-state index contributed by atoms with van der Waals surface area (Å²) in [6, 6.07) is 23.1. The van der Waals surface area contributed by atoms with E-state index < -0.39 is 35.0 Å². The van der Waals surface area contributed by atoms with Gasteiger partial charge in [-0.15, -0.1) is 0 Å². The second-order valence-electron chi connectivity index (χ2n) is 11.7. The maximum absolute atomic E-state index is 14.8. The minimum Gasteiger partial charge on any atom is -0.508 e. The van der Waals surface area contributed by atoms with Crippen molar-refractivity contribution in [1.29, 1.82) is 0 Å². The van der Waals surface area contributed by atoms with Gasteiger partial charge in [-0.1, -0.05) is 83.9 Å². The number of amides is 2. The molecule has 3 aromatic rings. The molecule has 2 fully saturated rings. The monoisotopic (exact) mass is 577 g/mol. The highest BCUT2D eigenvalue weighted by Crippen LogP contribution is 2.64. The van der Waals surface area contributed by atoms with E-state index in [9.17, 15) is 24.3 Å². The van der Waals surface area contributed by atoms with E-state index in [1.54, 1.807) is 12.1 Å². The first-order chi connectivity index (χ1) is 20.2. The first-order valence-electron chi connectivity index (χ1n) is 14.2. The number of nitrogens with zero attached hydrogens (tertiary/aromatic N) is 1. The van der Waals surface area contributed by atoms with Crippen molar-refractivity contribution in [2.45, 2.75) is 24.2 Å². The normalized spacial score (nSPS) is 30.3. The predicted octanol–water partition coefficient (Wildman–Crippen LogP) is 5.50. The lowest BCUT2D eigenvalue weighted by Crippen LogP contribution is -2.58. The lowest BCUT2D eigenvalue weighted by Gasteiger charge is -2.55. The van der Waals surface area contributed by atoms with Crippen LogP contribution in [0.4, 0.5) is 0 Å². The van der Waals surface area contributed by atoms with Crippen LogP contribution in [0.15, 0.2) is 96.6 Å². The first kappa shape index (κ1) is 26.6. The summed E-state index contributed by atoms with van der Waals surface area (Å²) in [5, 5.41) is 11.7. The van der Waals surface area contributed by atoms with Gasteiger partial charge >= 0.3 is 0 Å². The van der Waals surface area contributed by atoms with Crippen LogP contribution in [0.5, 0.6) is 5.75 Å². The van der Waals surface area contributed by atoms with Crippen molar-refractivity contribution in [3.05, 3.63) is 118 Å². The third-order valence-electron chi connectivity index (χ3n) is 9.90. The van der Waals surface area contributed by atoms with E-state index in [-0.39, 0.29) is 35.6 Å². The molecule has 4 aliphatic rings. The molecule has 2 amide bonds. The quantitative estimate of drug-likeness (QED) is 0.328. The fraction of sp³-hybridized carbons (Fsp3) is 0.257. The summed E-state index contributed by atoms with van der Waals surface area (Å²) in [5.74, 6) is -4.26. The highest BCUT2D eigenvalue weighted by Gasteiger charge is 2.66. The molecule has 0 bridgehead atoms. The second kappa shape index (κ2) is 9.63. The zero-order chi connectivity index (χ0) is 29.3. The van der Waals surface area contributed by atoms with Gasteiger partial charge in [-0.05, 0) is 54.2 Å². The fourth-order valence-corrected chi connectivity index (χ4v) is 8.31. The Kier molecular flexibility index (Phi) is 6.10. The summed E-state index contributed by atoms with van der Waals surface area (Å²) in [6.07, 6.45) is 3.99. The van der Waals surface area contributed by atoms with Crippen LogP contribution in [0.2, 0.25) is 5.02 Å². The van der Waals surface area contributed by atoms with Crippen LogP contribution in [-0.2, 0) is 24.6 Å². The Morgan fingerprint density at radius 2 is 1.57 bits per heavy atom. The molecule has 3 aliphatic carbocycles. The third-order valence-corrected chi connectivity index (χ3v) is 10.1. The first-order valence-corrected chi connectivity index (χ1v) is 14.5. The molecule has 0 radical (unpaired) electrons. The van der Waals surface area contributed by atoms with Crippen LogP contribution in [0.25, 0.3) is 5.57 Å². The number of fused-ring (bicyclic) bond motifs is 4. The van der Waals surface area contributed by atoms with Gasteiger partial charge in [0.2, 0.25) is 11.8 Å². The van der Waals surface area contributed by atoms with Gasteiger partial charge in [0.05, 0.1) is 17.3 Å². The van der Waals surface area contributed by atoms with E-state index in [2.05, 4.69) is 0 Å². The number of phenols is 1. The van der Waals surface area contributed by atoms with Crippen molar-refractivity contribution in [3.63, 3.8) is 0 Å². The van der Waals surface area contributed by atoms with E-state index in [1.807, 2.05) is 66.7 Å². The van der Waals surface area contributed by atoms with Crippen LogP contribution in [0, 0.1) is 23.7 Å². The molecule has 42 heavy (non-hydrogen) atoms. The molecule has 1 N–H and O–H groups in total.